The van der Waals surface area contributed by atoms with Crippen LogP contribution in [0, 0.1) is 11.8 Å². The minimum atomic E-state index is -0.496. The van der Waals surface area contributed by atoms with Gasteiger partial charge in [0.15, 0.2) is 6.10 Å². The predicted octanol–water partition coefficient (Wildman–Crippen LogP) is 3.93. The first-order valence-electron chi connectivity index (χ1n) is 15.2. The van der Waals surface area contributed by atoms with Crippen LogP contribution in [-0.2, 0) is 25.6 Å². The van der Waals surface area contributed by atoms with E-state index < -0.39 is 6.10 Å². The molecule has 3 rings (SSSR count). The Morgan fingerprint density at radius 2 is 1.78 bits per heavy atom. The largest absolute Gasteiger partial charge is 0.400 e. The van der Waals surface area contributed by atoms with E-state index in [9.17, 15) is 9.59 Å². The number of carbonyl (C=O) groups excluding carboxylic acids is 3. The van der Waals surface area contributed by atoms with Crippen molar-refractivity contribution in [2.24, 2.45) is 17.6 Å². The fourth-order valence-electron chi connectivity index (χ4n) is 5.15. The number of nitrogens with two attached hydrogens (primary N) is 1. The Morgan fingerprint density at radius 1 is 1.15 bits per heavy atom. The SMILES string of the molecule is C=O.CC(C)CC1ON(CC2CCCCC2)C(CN(C)CCc2ccccc2)N(CC=O)C1=O.CCCCN.CO. The lowest BCUT2D eigenvalue weighted by molar-refractivity contribution is -0.282. The van der Waals surface area contributed by atoms with Crippen molar-refractivity contribution in [1.82, 2.24) is 14.9 Å². The van der Waals surface area contributed by atoms with Gasteiger partial charge in [-0.2, -0.15) is 5.06 Å². The second-order valence-electron chi connectivity index (χ2n) is 11.1. The second-order valence-corrected chi connectivity index (χ2v) is 11.1. The Morgan fingerprint density at radius 3 is 2.29 bits per heavy atom. The number of nitrogens with zero attached hydrogens (tertiary/aromatic N) is 3. The summed E-state index contributed by atoms with van der Waals surface area (Å²) in [5, 5.41) is 9.05. The number of likely N-dealkylation sites (N-methyl/N-ethyl adjacent to an activating group) is 1. The van der Waals surface area contributed by atoms with Gasteiger partial charge in [0.2, 0.25) is 0 Å². The third-order valence-corrected chi connectivity index (χ3v) is 7.29. The van der Waals surface area contributed by atoms with Crippen molar-refractivity contribution in [2.75, 3.05) is 46.9 Å². The molecule has 0 radical (unpaired) electrons. The molecule has 2 unspecified atom stereocenters. The van der Waals surface area contributed by atoms with Crippen LogP contribution in [-0.4, -0.2) is 98.1 Å². The smallest absolute Gasteiger partial charge is 0.255 e. The van der Waals surface area contributed by atoms with Gasteiger partial charge in [-0.15, -0.1) is 0 Å². The molecule has 1 aromatic carbocycles. The molecule has 1 saturated carbocycles. The van der Waals surface area contributed by atoms with E-state index in [1.54, 1.807) is 4.90 Å². The van der Waals surface area contributed by atoms with Crippen LogP contribution in [0.4, 0.5) is 0 Å². The first-order chi connectivity index (χ1) is 19.9. The van der Waals surface area contributed by atoms with E-state index in [2.05, 4.69) is 57.0 Å². The van der Waals surface area contributed by atoms with Crippen molar-refractivity contribution in [3.63, 3.8) is 0 Å². The summed E-state index contributed by atoms with van der Waals surface area (Å²) in [6, 6.07) is 10.5. The minimum absolute atomic E-state index is 0.0489. The number of hydrogen-bond acceptors (Lipinski definition) is 8. The molecule has 3 N–H and O–H groups in total. The van der Waals surface area contributed by atoms with E-state index in [1.165, 1.54) is 50.5 Å². The zero-order chi connectivity index (χ0) is 31.0. The first kappa shape index (κ1) is 38.8. The van der Waals surface area contributed by atoms with E-state index >= 15 is 0 Å². The fourth-order valence-corrected chi connectivity index (χ4v) is 5.15. The van der Waals surface area contributed by atoms with Crippen LogP contribution in [0.1, 0.15) is 77.7 Å². The number of rotatable bonds is 13. The van der Waals surface area contributed by atoms with Crippen molar-refractivity contribution in [3.05, 3.63) is 35.9 Å². The summed E-state index contributed by atoms with van der Waals surface area (Å²) < 4.78 is 0. The fraction of sp³-hybridized carbons (Fsp3) is 0.719. The average Bonchev–Trinajstić information content (AvgIpc) is 3.00. The van der Waals surface area contributed by atoms with E-state index in [4.69, 9.17) is 20.5 Å². The lowest BCUT2D eigenvalue weighted by Crippen LogP contribution is -2.65. The molecule has 1 aliphatic carbocycles. The van der Waals surface area contributed by atoms with Gasteiger partial charge in [0.05, 0.1) is 6.54 Å². The molecule has 1 aliphatic heterocycles. The highest BCUT2D eigenvalue weighted by Gasteiger charge is 2.42. The van der Waals surface area contributed by atoms with Gasteiger partial charge in [-0.25, -0.2) is 0 Å². The highest BCUT2D eigenvalue weighted by molar-refractivity contribution is 5.83. The molecule has 2 aliphatic rings. The maximum atomic E-state index is 13.3. The monoisotopic (exact) mass is 578 g/mol. The number of hydrogen-bond donors (Lipinski definition) is 2. The van der Waals surface area contributed by atoms with Gasteiger partial charge in [0.25, 0.3) is 5.91 Å². The van der Waals surface area contributed by atoms with Crippen molar-refractivity contribution in [3.8, 4) is 0 Å². The lowest BCUT2D eigenvalue weighted by atomic mass is 9.89. The summed E-state index contributed by atoms with van der Waals surface area (Å²) in [5.74, 6) is 0.891. The van der Waals surface area contributed by atoms with E-state index in [-0.39, 0.29) is 18.6 Å². The number of benzene rings is 1. The second kappa shape index (κ2) is 24.4. The molecule has 0 spiro atoms. The van der Waals surface area contributed by atoms with Gasteiger partial charge < -0.3 is 30.2 Å². The van der Waals surface area contributed by atoms with Crippen LogP contribution in [0.3, 0.4) is 0 Å². The topological polar surface area (TPSA) is 116 Å². The number of aliphatic hydroxyl groups excluding tert-OH is 1. The Bertz CT molecular complexity index is 775. The molecule has 1 heterocycles. The van der Waals surface area contributed by atoms with Crippen LogP contribution in [0.2, 0.25) is 0 Å². The highest BCUT2D eigenvalue weighted by atomic mass is 16.7. The van der Waals surface area contributed by atoms with Gasteiger partial charge in [0, 0.05) is 26.7 Å². The number of hydroxylamine groups is 2. The van der Waals surface area contributed by atoms with Gasteiger partial charge >= 0.3 is 0 Å². The molecule has 9 nitrogen and oxygen atoms in total. The van der Waals surface area contributed by atoms with Crippen molar-refractivity contribution in [1.29, 1.82) is 0 Å². The molecular weight excluding hydrogens is 520 g/mol. The summed E-state index contributed by atoms with van der Waals surface area (Å²) in [4.78, 5) is 43.1. The lowest BCUT2D eigenvalue weighted by Gasteiger charge is -2.47. The van der Waals surface area contributed by atoms with Crippen LogP contribution in [0.25, 0.3) is 0 Å². The Hall–Kier alpha value is -2.17. The Balaban J connectivity index is 0.00000158. The van der Waals surface area contributed by atoms with Crippen LogP contribution < -0.4 is 5.73 Å². The maximum Gasteiger partial charge on any atom is 0.255 e. The summed E-state index contributed by atoms with van der Waals surface area (Å²) in [5.41, 5.74) is 6.44. The molecule has 0 bridgehead atoms. The standard InChI is InChI=1S/C26H41N3O3.C4H11N.CH4O.CH2O/c1-21(2)18-24-26(31)28(16-17-30)25(29(32-24)19-23-12-8-5-9-13-23)20-27(3)15-14-22-10-6-4-7-11-22;1-2-3-4-5;2*1-2/h4,6-7,10-11,17,21,23-25H,5,8-9,12-16,18-20H2,1-3H3;2-5H2,1H3;2H,1H3;1H2. The van der Waals surface area contributed by atoms with Gasteiger partial charge in [0.1, 0.15) is 19.2 Å². The van der Waals surface area contributed by atoms with Gasteiger partial charge in [-0.1, -0.05) is 76.8 Å². The molecule has 1 amide bonds. The quantitative estimate of drug-likeness (QED) is 0.338. The van der Waals surface area contributed by atoms with Crippen molar-refractivity contribution in [2.45, 2.75) is 90.8 Å². The van der Waals surface area contributed by atoms with Crippen molar-refractivity contribution >= 4 is 19.0 Å². The minimum Gasteiger partial charge on any atom is -0.400 e. The molecule has 236 valence electrons. The van der Waals surface area contributed by atoms with E-state index in [1.807, 2.05) is 17.9 Å². The zero-order valence-corrected chi connectivity index (χ0v) is 26.4. The third-order valence-electron chi connectivity index (χ3n) is 7.29. The molecule has 1 aromatic rings. The van der Waals surface area contributed by atoms with E-state index in [0.717, 1.165) is 39.5 Å². The number of aldehydes is 1. The number of carbonyl (C=O) groups is 3. The Kier molecular flexibility index (Phi) is 23.1. The Labute approximate surface area is 249 Å². The third kappa shape index (κ3) is 15.6. The number of aliphatic hydroxyl groups is 1. The molecule has 2 fully saturated rings. The van der Waals surface area contributed by atoms with Gasteiger partial charge in [-0.05, 0) is 63.1 Å². The first-order valence-corrected chi connectivity index (χ1v) is 15.2. The number of unbranched alkanes of at least 4 members (excludes halogenated alkanes) is 1. The molecule has 41 heavy (non-hydrogen) atoms. The molecule has 2 atom stereocenters. The normalized spacial score (nSPS) is 19.4. The van der Waals surface area contributed by atoms with Gasteiger partial charge in [-0.3, -0.25) is 9.63 Å². The highest BCUT2D eigenvalue weighted by Crippen LogP contribution is 2.29. The molecule has 1 saturated heterocycles. The van der Waals surface area contributed by atoms with Crippen LogP contribution in [0.5, 0.6) is 0 Å². The van der Waals surface area contributed by atoms with Crippen LogP contribution in [0.15, 0.2) is 30.3 Å². The summed E-state index contributed by atoms with van der Waals surface area (Å²) >= 11 is 0. The van der Waals surface area contributed by atoms with Crippen LogP contribution >= 0.6 is 0 Å². The zero-order valence-electron chi connectivity index (χ0n) is 26.4. The predicted molar refractivity (Wildman–Crippen MR) is 166 cm³/mol. The molecule has 9 heteroatoms. The average molecular weight is 579 g/mol. The summed E-state index contributed by atoms with van der Waals surface area (Å²) in [7, 11) is 3.09. The maximum absolute atomic E-state index is 13.3. The van der Waals surface area contributed by atoms with Crippen molar-refractivity contribution < 1.29 is 24.3 Å². The molecular formula is C32H58N4O5. The van der Waals surface area contributed by atoms with E-state index in [0.29, 0.717) is 24.8 Å². The molecule has 0 aromatic heterocycles. The summed E-state index contributed by atoms with van der Waals surface area (Å²) in [6.07, 6.45) is 10.4. The number of amides is 1. The summed E-state index contributed by atoms with van der Waals surface area (Å²) in [6.45, 7) is 11.7.